The topological polar surface area (TPSA) is 98.3 Å². The second kappa shape index (κ2) is 7.29. The van der Waals surface area contributed by atoms with Crippen LogP contribution in [0.15, 0.2) is 42.5 Å². The standard InChI is InChI=1S/C18H23N3O3/c1-13(2)9-11-20-17(22)18(21(23)24)10-3-4-15(12-18)14-5-7-16(19)8-6-14/h3-8,10,13H,9,11-12,19H2,1-2H3,(H,20,22). The fourth-order valence-corrected chi connectivity index (χ4v) is 2.62. The van der Waals surface area contributed by atoms with Gasteiger partial charge in [0.15, 0.2) is 0 Å². The van der Waals surface area contributed by atoms with Gasteiger partial charge in [0.05, 0.1) is 6.42 Å². The van der Waals surface area contributed by atoms with Crippen molar-refractivity contribution in [3.05, 3.63) is 58.2 Å². The first-order valence-electron chi connectivity index (χ1n) is 8.02. The summed E-state index contributed by atoms with van der Waals surface area (Å²) in [6, 6.07) is 7.10. The summed E-state index contributed by atoms with van der Waals surface area (Å²) in [7, 11) is 0. The van der Waals surface area contributed by atoms with Gasteiger partial charge < -0.3 is 11.1 Å². The van der Waals surface area contributed by atoms with Crippen LogP contribution in [0.2, 0.25) is 0 Å². The molecule has 1 aromatic carbocycles. The van der Waals surface area contributed by atoms with E-state index in [1.54, 1.807) is 24.3 Å². The molecule has 1 amide bonds. The van der Waals surface area contributed by atoms with Gasteiger partial charge in [0.2, 0.25) is 0 Å². The molecule has 128 valence electrons. The van der Waals surface area contributed by atoms with E-state index in [2.05, 4.69) is 5.32 Å². The lowest BCUT2D eigenvalue weighted by molar-refractivity contribution is -0.537. The molecule has 3 N–H and O–H groups in total. The monoisotopic (exact) mass is 329 g/mol. The average Bonchev–Trinajstić information content (AvgIpc) is 2.55. The van der Waals surface area contributed by atoms with Gasteiger partial charge in [-0.05, 0) is 35.6 Å². The van der Waals surface area contributed by atoms with Gasteiger partial charge in [-0.15, -0.1) is 0 Å². The number of amides is 1. The van der Waals surface area contributed by atoms with Gasteiger partial charge in [-0.1, -0.05) is 38.1 Å². The van der Waals surface area contributed by atoms with Gasteiger partial charge in [-0.25, -0.2) is 0 Å². The molecule has 6 heteroatoms. The lowest BCUT2D eigenvalue weighted by Crippen LogP contribution is -2.52. The molecule has 1 aliphatic rings. The molecule has 0 saturated carbocycles. The summed E-state index contributed by atoms with van der Waals surface area (Å²) < 4.78 is 0. The smallest absolute Gasteiger partial charge is 0.321 e. The molecule has 0 aromatic heterocycles. The number of allylic oxidation sites excluding steroid dienone is 2. The van der Waals surface area contributed by atoms with E-state index in [1.165, 1.54) is 6.08 Å². The number of hydrogen-bond donors (Lipinski definition) is 2. The third kappa shape index (κ3) is 3.82. The minimum absolute atomic E-state index is 0.0218. The lowest BCUT2D eigenvalue weighted by Gasteiger charge is -2.25. The highest BCUT2D eigenvalue weighted by Gasteiger charge is 2.50. The highest BCUT2D eigenvalue weighted by Crippen LogP contribution is 2.33. The summed E-state index contributed by atoms with van der Waals surface area (Å²) in [5.41, 5.74) is 6.11. The zero-order valence-corrected chi connectivity index (χ0v) is 14.0. The summed E-state index contributed by atoms with van der Waals surface area (Å²) in [5.74, 6) is -0.144. The number of nitrogens with zero attached hydrogens (tertiary/aromatic N) is 1. The molecule has 1 aromatic rings. The number of hydrogen-bond acceptors (Lipinski definition) is 4. The lowest BCUT2D eigenvalue weighted by atomic mass is 9.83. The zero-order chi connectivity index (χ0) is 17.7. The van der Waals surface area contributed by atoms with E-state index in [-0.39, 0.29) is 6.42 Å². The van der Waals surface area contributed by atoms with Gasteiger partial charge in [-0.3, -0.25) is 14.9 Å². The molecule has 1 aliphatic carbocycles. The van der Waals surface area contributed by atoms with Crippen LogP contribution in [-0.2, 0) is 4.79 Å². The molecule has 24 heavy (non-hydrogen) atoms. The molecule has 0 heterocycles. The van der Waals surface area contributed by atoms with Crippen molar-refractivity contribution in [3.8, 4) is 0 Å². The highest BCUT2D eigenvalue weighted by molar-refractivity contribution is 5.91. The van der Waals surface area contributed by atoms with Gasteiger partial charge in [-0.2, -0.15) is 0 Å². The number of anilines is 1. The number of benzene rings is 1. The third-order valence-electron chi connectivity index (χ3n) is 4.14. The molecule has 0 aliphatic heterocycles. The van der Waals surface area contributed by atoms with Crippen molar-refractivity contribution in [2.24, 2.45) is 5.92 Å². The average molecular weight is 329 g/mol. The molecule has 1 unspecified atom stereocenters. The van der Waals surface area contributed by atoms with Crippen LogP contribution in [-0.4, -0.2) is 22.9 Å². The van der Waals surface area contributed by atoms with Crippen LogP contribution >= 0.6 is 0 Å². The van der Waals surface area contributed by atoms with Gasteiger partial charge in [0.1, 0.15) is 0 Å². The summed E-state index contributed by atoms with van der Waals surface area (Å²) in [6.07, 6.45) is 5.56. The fourth-order valence-electron chi connectivity index (χ4n) is 2.62. The maximum atomic E-state index is 12.5. The maximum Gasteiger partial charge on any atom is 0.321 e. The van der Waals surface area contributed by atoms with Crippen molar-refractivity contribution in [1.29, 1.82) is 0 Å². The fraction of sp³-hybridized carbons (Fsp3) is 0.389. The Bertz CT molecular complexity index is 677. The Morgan fingerprint density at radius 1 is 1.38 bits per heavy atom. The highest BCUT2D eigenvalue weighted by atomic mass is 16.6. The predicted octanol–water partition coefficient (Wildman–Crippen LogP) is 2.79. The molecular weight excluding hydrogens is 306 g/mol. The zero-order valence-electron chi connectivity index (χ0n) is 14.0. The normalized spacial score (nSPS) is 19.9. The van der Waals surface area contributed by atoms with Crippen molar-refractivity contribution in [3.63, 3.8) is 0 Å². The van der Waals surface area contributed by atoms with E-state index in [4.69, 9.17) is 5.73 Å². The van der Waals surface area contributed by atoms with Crippen LogP contribution in [0.25, 0.3) is 5.57 Å². The largest absolute Gasteiger partial charge is 0.399 e. The van der Waals surface area contributed by atoms with Crippen LogP contribution in [0, 0.1) is 16.0 Å². The Morgan fingerprint density at radius 3 is 2.62 bits per heavy atom. The Labute approximate surface area is 141 Å². The number of carbonyl (C=O) groups excluding carboxylic acids is 1. The first-order valence-corrected chi connectivity index (χ1v) is 8.02. The second-order valence-corrected chi connectivity index (χ2v) is 6.47. The predicted molar refractivity (Wildman–Crippen MR) is 94.8 cm³/mol. The third-order valence-corrected chi connectivity index (χ3v) is 4.14. The van der Waals surface area contributed by atoms with Crippen LogP contribution in [0.5, 0.6) is 0 Å². The van der Waals surface area contributed by atoms with Crippen molar-refractivity contribution < 1.29 is 9.72 Å². The summed E-state index contributed by atoms with van der Waals surface area (Å²) in [4.78, 5) is 23.7. The van der Waals surface area contributed by atoms with Crippen molar-refractivity contribution in [2.75, 3.05) is 12.3 Å². The first-order chi connectivity index (χ1) is 11.3. The Hall–Kier alpha value is -2.63. The minimum atomic E-state index is -1.76. The Kier molecular flexibility index (Phi) is 5.39. The number of rotatable bonds is 6. The minimum Gasteiger partial charge on any atom is -0.399 e. The van der Waals surface area contributed by atoms with E-state index in [0.717, 1.165) is 17.6 Å². The van der Waals surface area contributed by atoms with Crippen molar-refractivity contribution >= 4 is 17.2 Å². The number of nitrogens with two attached hydrogens (primary N) is 1. The van der Waals surface area contributed by atoms with Gasteiger partial charge >= 0.3 is 11.4 Å². The van der Waals surface area contributed by atoms with E-state index in [9.17, 15) is 14.9 Å². The molecule has 6 nitrogen and oxygen atoms in total. The molecule has 1 atom stereocenters. The second-order valence-electron chi connectivity index (χ2n) is 6.47. The number of carbonyl (C=O) groups is 1. The van der Waals surface area contributed by atoms with Crippen molar-refractivity contribution in [2.45, 2.75) is 32.2 Å². The summed E-state index contributed by atoms with van der Waals surface area (Å²) >= 11 is 0. The number of nitrogen functional groups attached to an aromatic ring is 1. The van der Waals surface area contributed by atoms with Gasteiger partial charge in [0, 0.05) is 23.2 Å². The first kappa shape index (κ1) is 17.7. The summed E-state index contributed by atoms with van der Waals surface area (Å²) in [5, 5.41) is 14.4. The van der Waals surface area contributed by atoms with Crippen LogP contribution in [0.1, 0.15) is 32.3 Å². The van der Waals surface area contributed by atoms with Crippen LogP contribution in [0.4, 0.5) is 5.69 Å². The van der Waals surface area contributed by atoms with Crippen LogP contribution < -0.4 is 11.1 Å². The van der Waals surface area contributed by atoms with Crippen LogP contribution in [0.3, 0.4) is 0 Å². The quantitative estimate of drug-likeness (QED) is 0.476. The summed E-state index contributed by atoms with van der Waals surface area (Å²) in [6.45, 7) is 4.51. The van der Waals surface area contributed by atoms with E-state index >= 15 is 0 Å². The van der Waals surface area contributed by atoms with E-state index < -0.39 is 16.4 Å². The van der Waals surface area contributed by atoms with E-state index in [1.807, 2.05) is 26.0 Å². The van der Waals surface area contributed by atoms with E-state index in [0.29, 0.717) is 18.2 Å². The van der Waals surface area contributed by atoms with Gasteiger partial charge in [0.25, 0.3) is 0 Å². The Morgan fingerprint density at radius 2 is 2.04 bits per heavy atom. The molecule has 0 saturated heterocycles. The molecule has 0 bridgehead atoms. The maximum absolute atomic E-state index is 12.5. The number of nitrogens with one attached hydrogen (secondary N) is 1. The molecule has 0 radical (unpaired) electrons. The molecule has 2 rings (SSSR count). The Balaban J connectivity index is 2.20. The number of nitro groups is 1. The molecule has 0 spiro atoms. The molecular formula is C18H23N3O3. The molecule has 0 fully saturated rings. The SMILES string of the molecule is CC(C)CCNC(=O)C1([N+](=O)[O-])C=CC=C(c2ccc(N)cc2)C1. The van der Waals surface area contributed by atoms with Crippen molar-refractivity contribution in [1.82, 2.24) is 5.32 Å².